The van der Waals surface area contributed by atoms with E-state index in [-0.39, 0.29) is 19.3 Å². The minimum atomic E-state index is -5.76. The van der Waals surface area contributed by atoms with Gasteiger partial charge >= 0.3 is 21.8 Å². The van der Waals surface area contributed by atoms with Crippen molar-refractivity contribution < 1.29 is 38.9 Å². The maximum atomic E-state index is 12.8. The average molecular weight is 360 g/mol. The fourth-order valence-electron chi connectivity index (χ4n) is 3.43. The molecule has 3 saturated carbocycles. The summed E-state index contributed by atoms with van der Waals surface area (Å²) in [6.45, 7) is 0. The van der Waals surface area contributed by atoms with Crippen LogP contribution >= 0.6 is 0 Å². The van der Waals surface area contributed by atoms with E-state index in [4.69, 9.17) is 0 Å². The molecular formula is C13H10F6O3S. The number of rotatable bonds is 3. The molecule has 0 heterocycles. The molecule has 4 rings (SSSR count). The van der Waals surface area contributed by atoms with E-state index in [1.165, 1.54) is 12.1 Å². The smallest absolute Gasteiger partial charge is 0.376 e. The molecule has 3 aliphatic carbocycles. The first-order valence-electron chi connectivity index (χ1n) is 6.48. The molecule has 0 amide bonds. The second-order valence-electron chi connectivity index (χ2n) is 6.10. The Balaban J connectivity index is 1.71. The summed E-state index contributed by atoms with van der Waals surface area (Å²) in [5.41, 5.74) is -7.25. The van der Waals surface area contributed by atoms with Gasteiger partial charge in [0, 0.05) is 0 Å². The number of benzene rings is 1. The van der Waals surface area contributed by atoms with Crippen molar-refractivity contribution >= 4 is 10.1 Å². The lowest BCUT2D eigenvalue weighted by Crippen LogP contribution is -2.70. The number of halogens is 6. The fraction of sp³-hybridized carbons (Fsp3) is 0.538. The summed E-state index contributed by atoms with van der Waals surface area (Å²) in [5.74, 6) is -0.539. The Morgan fingerprint density at radius 2 is 1.39 bits per heavy atom. The van der Waals surface area contributed by atoms with E-state index in [0.29, 0.717) is 5.56 Å². The zero-order valence-corrected chi connectivity index (χ0v) is 12.1. The van der Waals surface area contributed by atoms with Crippen LogP contribution in [0.25, 0.3) is 0 Å². The van der Waals surface area contributed by atoms with Crippen LogP contribution in [0.3, 0.4) is 0 Å². The van der Waals surface area contributed by atoms with Gasteiger partial charge in [-0.15, -0.1) is 0 Å². The zero-order valence-electron chi connectivity index (χ0n) is 11.3. The van der Waals surface area contributed by atoms with E-state index in [9.17, 15) is 34.8 Å². The van der Waals surface area contributed by atoms with Gasteiger partial charge in [-0.3, -0.25) is 0 Å². The Morgan fingerprint density at radius 1 is 0.913 bits per heavy atom. The van der Waals surface area contributed by atoms with Crippen LogP contribution in [0.4, 0.5) is 26.3 Å². The van der Waals surface area contributed by atoms with E-state index < -0.39 is 38.4 Å². The lowest BCUT2D eigenvalue weighted by molar-refractivity contribution is -0.337. The predicted octanol–water partition coefficient (Wildman–Crippen LogP) is 3.90. The highest BCUT2D eigenvalue weighted by Crippen LogP contribution is 2.78. The van der Waals surface area contributed by atoms with Gasteiger partial charge in [0.2, 0.25) is 0 Å². The Bertz CT molecular complexity index is 713. The van der Waals surface area contributed by atoms with Gasteiger partial charge in [0.15, 0.2) is 0 Å². The molecule has 10 heteroatoms. The van der Waals surface area contributed by atoms with E-state index in [2.05, 4.69) is 4.18 Å². The fourth-order valence-corrected chi connectivity index (χ4v) is 3.89. The average Bonchev–Trinajstić information content (AvgIpc) is 2.23. The molecule has 3 aliphatic rings. The third-order valence-electron chi connectivity index (χ3n) is 4.59. The molecule has 0 aliphatic heterocycles. The molecule has 3 nitrogen and oxygen atoms in total. The zero-order chi connectivity index (χ0) is 17.3. The van der Waals surface area contributed by atoms with E-state index in [1.807, 2.05) is 0 Å². The molecule has 0 unspecified atom stereocenters. The lowest BCUT2D eigenvalue weighted by Gasteiger charge is -2.71. The van der Waals surface area contributed by atoms with Crippen LogP contribution in [-0.4, -0.2) is 20.1 Å². The molecular weight excluding hydrogens is 350 g/mol. The molecule has 0 N–H and O–H groups in total. The first-order valence-corrected chi connectivity index (χ1v) is 7.89. The summed E-state index contributed by atoms with van der Waals surface area (Å²) >= 11 is 0. The van der Waals surface area contributed by atoms with Crippen molar-refractivity contribution in [2.45, 2.75) is 36.4 Å². The third kappa shape index (κ3) is 2.29. The SMILES string of the molecule is O=S(=O)(Oc1ccc(C23CC(C(F)(F)F)(C2)C3)cc1)C(F)(F)F. The predicted molar refractivity (Wildman–Crippen MR) is 66.1 cm³/mol. The van der Waals surface area contributed by atoms with Gasteiger partial charge in [-0.25, -0.2) is 0 Å². The van der Waals surface area contributed by atoms with Gasteiger partial charge in [0.05, 0.1) is 5.41 Å². The topological polar surface area (TPSA) is 43.4 Å². The quantitative estimate of drug-likeness (QED) is 0.467. The van der Waals surface area contributed by atoms with Gasteiger partial charge in [-0.2, -0.15) is 34.8 Å². The van der Waals surface area contributed by atoms with Crippen molar-refractivity contribution in [3.63, 3.8) is 0 Å². The summed E-state index contributed by atoms with van der Waals surface area (Å²) < 4.78 is 101. The summed E-state index contributed by atoms with van der Waals surface area (Å²) in [6.07, 6.45) is -4.40. The molecule has 1 aromatic carbocycles. The third-order valence-corrected chi connectivity index (χ3v) is 5.57. The lowest BCUT2D eigenvalue weighted by atomic mass is 9.33. The van der Waals surface area contributed by atoms with Crippen LogP contribution in [0.1, 0.15) is 24.8 Å². The molecule has 1 aromatic rings. The number of hydrogen-bond donors (Lipinski definition) is 0. The summed E-state index contributed by atoms with van der Waals surface area (Å²) in [5, 5.41) is 0. The van der Waals surface area contributed by atoms with Gasteiger partial charge < -0.3 is 4.18 Å². The molecule has 0 aromatic heterocycles. The highest BCUT2D eigenvalue weighted by atomic mass is 32.2. The molecule has 2 bridgehead atoms. The van der Waals surface area contributed by atoms with Crippen LogP contribution in [0, 0.1) is 5.41 Å². The largest absolute Gasteiger partial charge is 0.534 e. The van der Waals surface area contributed by atoms with Gasteiger partial charge in [-0.1, -0.05) is 12.1 Å². The molecule has 0 atom stereocenters. The monoisotopic (exact) mass is 360 g/mol. The number of hydrogen-bond acceptors (Lipinski definition) is 3. The van der Waals surface area contributed by atoms with Crippen LogP contribution in [0.15, 0.2) is 24.3 Å². The van der Waals surface area contributed by atoms with Gasteiger partial charge in [0.25, 0.3) is 0 Å². The van der Waals surface area contributed by atoms with Crippen LogP contribution in [-0.2, 0) is 15.5 Å². The van der Waals surface area contributed by atoms with Crippen molar-refractivity contribution in [2.75, 3.05) is 0 Å². The van der Waals surface area contributed by atoms with E-state index in [0.717, 1.165) is 12.1 Å². The van der Waals surface area contributed by atoms with Crippen LogP contribution in [0.2, 0.25) is 0 Å². The second-order valence-corrected chi connectivity index (χ2v) is 7.63. The van der Waals surface area contributed by atoms with E-state index >= 15 is 0 Å². The molecule has 3 fully saturated rings. The molecule has 0 saturated heterocycles. The second kappa shape index (κ2) is 4.34. The van der Waals surface area contributed by atoms with Crippen molar-refractivity contribution in [1.82, 2.24) is 0 Å². The number of alkyl halides is 6. The summed E-state index contributed by atoms with van der Waals surface area (Å²) in [7, 11) is -5.76. The Hall–Kier alpha value is -1.45. The highest BCUT2D eigenvalue weighted by Gasteiger charge is 2.78. The van der Waals surface area contributed by atoms with Crippen LogP contribution in [0.5, 0.6) is 5.75 Å². The standard InChI is InChI=1S/C13H10F6O3S/c14-12(15,16)11-5-10(6-11,7-11)8-1-3-9(4-2-8)22-23(20,21)13(17,18)19/h1-4H,5-7H2. The first kappa shape index (κ1) is 16.4. The summed E-state index contributed by atoms with van der Waals surface area (Å²) in [4.78, 5) is 0. The molecule has 128 valence electrons. The molecule has 0 spiro atoms. The minimum Gasteiger partial charge on any atom is -0.376 e. The van der Waals surface area contributed by atoms with Gasteiger partial charge in [0.1, 0.15) is 5.75 Å². The normalized spacial score (nSPS) is 30.3. The van der Waals surface area contributed by atoms with E-state index in [1.54, 1.807) is 0 Å². The highest BCUT2D eigenvalue weighted by molar-refractivity contribution is 7.87. The Labute approximate surface area is 127 Å². The van der Waals surface area contributed by atoms with Crippen molar-refractivity contribution in [3.8, 4) is 5.75 Å². The Kier molecular flexibility index (Phi) is 3.10. The maximum absolute atomic E-state index is 12.8. The summed E-state index contributed by atoms with van der Waals surface area (Å²) in [6, 6.07) is 4.64. The maximum Gasteiger partial charge on any atom is 0.534 e. The Morgan fingerprint density at radius 3 is 1.78 bits per heavy atom. The molecule has 0 radical (unpaired) electrons. The first-order chi connectivity index (χ1) is 10.3. The van der Waals surface area contributed by atoms with Crippen molar-refractivity contribution in [1.29, 1.82) is 0 Å². The minimum absolute atomic E-state index is 0.0510. The molecule has 23 heavy (non-hydrogen) atoms. The van der Waals surface area contributed by atoms with Crippen molar-refractivity contribution in [3.05, 3.63) is 29.8 Å². The van der Waals surface area contributed by atoms with Gasteiger partial charge in [-0.05, 0) is 42.4 Å². The van der Waals surface area contributed by atoms with Crippen molar-refractivity contribution in [2.24, 2.45) is 5.41 Å². The van der Waals surface area contributed by atoms with Crippen LogP contribution < -0.4 is 4.18 Å².